The zero-order valence-corrected chi connectivity index (χ0v) is 11.1. The van der Waals surface area contributed by atoms with E-state index in [0.717, 1.165) is 11.0 Å². The van der Waals surface area contributed by atoms with Gasteiger partial charge in [-0.05, 0) is 33.1 Å². The molecule has 0 amide bonds. The van der Waals surface area contributed by atoms with Gasteiger partial charge in [-0.1, -0.05) is 24.3 Å². The van der Waals surface area contributed by atoms with E-state index >= 15 is 0 Å². The van der Waals surface area contributed by atoms with Crippen LogP contribution in [-0.2, 0) is 13.1 Å². The van der Waals surface area contributed by atoms with Gasteiger partial charge in [0.05, 0.1) is 5.00 Å². The predicted octanol–water partition coefficient (Wildman–Crippen LogP) is 3.58. The van der Waals surface area contributed by atoms with Crippen LogP contribution in [0.25, 0.3) is 0 Å². The van der Waals surface area contributed by atoms with Crippen LogP contribution >= 0.6 is 27.3 Å². The molecule has 0 bridgehead atoms. The van der Waals surface area contributed by atoms with Crippen molar-refractivity contribution in [1.82, 2.24) is 0 Å². The molecule has 3 N–H and O–H groups in total. The van der Waals surface area contributed by atoms with E-state index in [1.54, 1.807) is 11.3 Å². The largest absolute Gasteiger partial charge is 0.373 e. The molecule has 0 aliphatic carbocycles. The molecule has 0 aliphatic heterocycles. The number of nitrogens with two attached hydrogens (primary N) is 1. The maximum absolute atomic E-state index is 5.60. The van der Waals surface area contributed by atoms with Gasteiger partial charge >= 0.3 is 0 Å². The summed E-state index contributed by atoms with van der Waals surface area (Å²) in [4.78, 5) is 0. The number of anilines is 1. The van der Waals surface area contributed by atoms with Gasteiger partial charge in [0.25, 0.3) is 0 Å². The highest BCUT2D eigenvalue weighted by Crippen LogP contribution is 2.24. The summed E-state index contributed by atoms with van der Waals surface area (Å²) in [6.07, 6.45) is 0. The summed E-state index contributed by atoms with van der Waals surface area (Å²) in [6.45, 7) is 1.43. The Kier molecular flexibility index (Phi) is 3.98. The quantitative estimate of drug-likeness (QED) is 0.905. The van der Waals surface area contributed by atoms with Crippen molar-refractivity contribution in [2.75, 3.05) is 5.32 Å². The number of halogens is 1. The fourth-order valence-corrected chi connectivity index (χ4v) is 2.78. The predicted molar refractivity (Wildman–Crippen MR) is 73.7 cm³/mol. The van der Waals surface area contributed by atoms with Crippen molar-refractivity contribution >= 4 is 32.3 Å². The Bertz CT molecular complexity index is 468. The molecule has 1 heterocycles. The monoisotopic (exact) mass is 296 g/mol. The van der Waals surface area contributed by atoms with E-state index in [0.29, 0.717) is 6.54 Å². The second-order valence-electron chi connectivity index (χ2n) is 3.51. The molecule has 2 nitrogen and oxygen atoms in total. The molecule has 84 valence electrons. The molecule has 0 spiro atoms. The highest BCUT2D eigenvalue weighted by atomic mass is 79.9. The van der Waals surface area contributed by atoms with Crippen molar-refractivity contribution in [1.29, 1.82) is 0 Å². The Labute approximate surface area is 108 Å². The van der Waals surface area contributed by atoms with Crippen LogP contribution in [0.2, 0.25) is 0 Å². The Morgan fingerprint density at radius 1 is 1.25 bits per heavy atom. The molecule has 2 rings (SSSR count). The molecule has 0 aliphatic rings. The fraction of sp³-hybridized carbons (Fsp3) is 0.167. The molecule has 4 heteroatoms. The topological polar surface area (TPSA) is 38.0 Å². The van der Waals surface area contributed by atoms with E-state index in [4.69, 9.17) is 5.73 Å². The molecule has 0 fully saturated rings. The summed E-state index contributed by atoms with van der Waals surface area (Å²) >= 11 is 5.13. The van der Waals surface area contributed by atoms with Gasteiger partial charge in [-0.3, -0.25) is 0 Å². The highest BCUT2D eigenvalue weighted by Gasteiger charge is 1.98. The SMILES string of the molecule is NCc1cccc(CNc2cc(Br)cs2)c1. The van der Waals surface area contributed by atoms with Gasteiger partial charge in [0, 0.05) is 22.9 Å². The smallest absolute Gasteiger partial charge is 0.0896 e. The maximum Gasteiger partial charge on any atom is 0.0896 e. The van der Waals surface area contributed by atoms with Crippen LogP contribution in [0.1, 0.15) is 11.1 Å². The summed E-state index contributed by atoms with van der Waals surface area (Å²) in [7, 11) is 0. The van der Waals surface area contributed by atoms with Crippen molar-refractivity contribution < 1.29 is 0 Å². The Hall–Kier alpha value is -0.840. The van der Waals surface area contributed by atoms with Crippen LogP contribution in [0.3, 0.4) is 0 Å². The first-order valence-corrected chi connectivity index (χ1v) is 6.71. The average molecular weight is 297 g/mol. The lowest BCUT2D eigenvalue weighted by Gasteiger charge is -2.05. The zero-order chi connectivity index (χ0) is 11.4. The van der Waals surface area contributed by atoms with Gasteiger partial charge in [-0.25, -0.2) is 0 Å². The van der Waals surface area contributed by atoms with E-state index in [9.17, 15) is 0 Å². The molecule has 2 aromatic rings. The van der Waals surface area contributed by atoms with Gasteiger partial charge < -0.3 is 11.1 Å². The third kappa shape index (κ3) is 3.07. The van der Waals surface area contributed by atoms with Gasteiger partial charge in [-0.15, -0.1) is 11.3 Å². The maximum atomic E-state index is 5.60. The molecular formula is C12H13BrN2S. The second-order valence-corrected chi connectivity index (χ2v) is 5.33. The fourth-order valence-electron chi connectivity index (χ4n) is 1.46. The summed E-state index contributed by atoms with van der Waals surface area (Å²) in [6, 6.07) is 10.4. The van der Waals surface area contributed by atoms with Crippen LogP contribution in [-0.4, -0.2) is 0 Å². The van der Waals surface area contributed by atoms with Crippen molar-refractivity contribution in [3.8, 4) is 0 Å². The van der Waals surface area contributed by atoms with Gasteiger partial charge in [-0.2, -0.15) is 0 Å². The number of thiophene rings is 1. The standard InChI is InChI=1S/C12H13BrN2S/c13-11-5-12(16-8-11)15-7-10-3-1-2-9(4-10)6-14/h1-5,8,15H,6-7,14H2. The van der Waals surface area contributed by atoms with Gasteiger partial charge in [0.2, 0.25) is 0 Å². The lowest BCUT2D eigenvalue weighted by Crippen LogP contribution is -2.00. The number of rotatable bonds is 4. The molecule has 0 radical (unpaired) electrons. The van der Waals surface area contributed by atoms with Crippen LogP contribution in [0.5, 0.6) is 0 Å². The highest BCUT2D eigenvalue weighted by molar-refractivity contribution is 9.10. The normalized spacial score (nSPS) is 10.4. The first kappa shape index (κ1) is 11.6. The minimum absolute atomic E-state index is 0.596. The van der Waals surface area contributed by atoms with E-state index in [2.05, 4.69) is 44.8 Å². The average Bonchev–Trinajstić information content (AvgIpc) is 2.73. The van der Waals surface area contributed by atoms with E-state index in [1.165, 1.54) is 16.1 Å². The summed E-state index contributed by atoms with van der Waals surface area (Å²) in [5, 5.41) is 6.62. The molecule has 0 saturated carbocycles. The molecule has 1 aromatic heterocycles. The molecule has 0 atom stereocenters. The lowest BCUT2D eigenvalue weighted by atomic mass is 10.1. The summed E-state index contributed by atoms with van der Waals surface area (Å²) in [5.74, 6) is 0. The first-order valence-electron chi connectivity index (χ1n) is 5.04. The lowest BCUT2D eigenvalue weighted by molar-refractivity contribution is 1.05. The second kappa shape index (κ2) is 5.48. The van der Waals surface area contributed by atoms with Crippen molar-refractivity contribution in [3.05, 3.63) is 51.3 Å². The van der Waals surface area contributed by atoms with Crippen LogP contribution in [0, 0.1) is 0 Å². The molecule has 16 heavy (non-hydrogen) atoms. The summed E-state index contributed by atoms with van der Waals surface area (Å²) < 4.78 is 1.12. The van der Waals surface area contributed by atoms with Gasteiger partial charge in [0.15, 0.2) is 0 Å². The number of hydrogen-bond donors (Lipinski definition) is 2. The van der Waals surface area contributed by atoms with Crippen molar-refractivity contribution in [3.63, 3.8) is 0 Å². The van der Waals surface area contributed by atoms with Crippen LogP contribution in [0.4, 0.5) is 5.00 Å². The number of benzene rings is 1. The molecule has 0 saturated heterocycles. The van der Waals surface area contributed by atoms with Gasteiger partial charge in [0.1, 0.15) is 0 Å². The van der Waals surface area contributed by atoms with Crippen LogP contribution in [0.15, 0.2) is 40.2 Å². The number of hydrogen-bond acceptors (Lipinski definition) is 3. The number of nitrogens with one attached hydrogen (secondary N) is 1. The Balaban J connectivity index is 1.99. The molecule has 1 aromatic carbocycles. The van der Waals surface area contributed by atoms with Crippen molar-refractivity contribution in [2.24, 2.45) is 5.73 Å². The van der Waals surface area contributed by atoms with Crippen LogP contribution < -0.4 is 11.1 Å². The van der Waals surface area contributed by atoms with E-state index in [-0.39, 0.29) is 0 Å². The van der Waals surface area contributed by atoms with Crippen molar-refractivity contribution in [2.45, 2.75) is 13.1 Å². The minimum atomic E-state index is 0.596. The first-order chi connectivity index (χ1) is 7.78. The molecule has 0 unspecified atom stereocenters. The summed E-state index contributed by atoms with van der Waals surface area (Å²) in [5.41, 5.74) is 8.03. The third-order valence-corrected chi connectivity index (χ3v) is 3.91. The minimum Gasteiger partial charge on any atom is -0.373 e. The zero-order valence-electron chi connectivity index (χ0n) is 8.74. The Morgan fingerprint density at radius 2 is 2.06 bits per heavy atom. The van der Waals surface area contributed by atoms with E-state index < -0.39 is 0 Å². The molecular weight excluding hydrogens is 284 g/mol. The van der Waals surface area contributed by atoms with E-state index in [1.807, 2.05) is 12.1 Å². The third-order valence-electron chi connectivity index (χ3n) is 2.26. The Morgan fingerprint density at radius 3 is 2.75 bits per heavy atom.